The third kappa shape index (κ3) is 10.4. The van der Waals surface area contributed by atoms with Crippen LogP contribution in [-0.2, 0) is 6.42 Å². The SMILES string of the molecule is CCCCCCCc1ccc(-c2ccc(C(=O)Oc3ccc(OCCCCCC(C)CC)cc3)cc2)cc1. The second-order valence-electron chi connectivity index (χ2n) is 10.5. The Balaban J connectivity index is 1.41. The van der Waals surface area contributed by atoms with Gasteiger partial charge in [0.15, 0.2) is 0 Å². The second-order valence-corrected chi connectivity index (χ2v) is 10.5. The van der Waals surface area contributed by atoms with Gasteiger partial charge in [0.2, 0.25) is 0 Å². The summed E-state index contributed by atoms with van der Waals surface area (Å²) in [6.45, 7) is 7.53. The maximum Gasteiger partial charge on any atom is 0.343 e. The van der Waals surface area contributed by atoms with Crippen molar-refractivity contribution in [1.82, 2.24) is 0 Å². The van der Waals surface area contributed by atoms with Crippen molar-refractivity contribution in [3.8, 4) is 22.6 Å². The first-order valence-electron chi connectivity index (χ1n) is 14.7. The molecule has 0 N–H and O–H groups in total. The molecule has 3 nitrogen and oxygen atoms in total. The zero-order valence-corrected chi connectivity index (χ0v) is 23.7. The Morgan fingerprint density at radius 1 is 0.684 bits per heavy atom. The van der Waals surface area contributed by atoms with Crippen LogP contribution in [0.5, 0.6) is 11.5 Å². The number of ether oxygens (including phenoxy) is 2. The topological polar surface area (TPSA) is 35.5 Å². The molecular weight excluding hydrogens is 468 g/mol. The van der Waals surface area contributed by atoms with Crippen LogP contribution in [-0.4, -0.2) is 12.6 Å². The van der Waals surface area contributed by atoms with Crippen LogP contribution in [0.1, 0.15) is 101 Å². The molecule has 0 bridgehead atoms. The molecule has 0 spiro atoms. The molecule has 0 aliphatic heterocycles. The van der Waals surface area contributed by atoms with Crippen molar-refractivity contribution >= 4 is 5.97 Å². The zero-order chi connectivity index (χ0) is 27.0. The lowest BCUT2D eigenvalue weighted by molar-refractivity contribution is 0.0734. The van der Waals surface area contributed by atoms with E-state index < -0.39 is 0 Å². The lowest BCUT2D eigenvalue weighted by Crippen LogP contribution is -2.08. The zero-order valence-electron chi connectivity index (χ0n) is 23.7. The number of hydrogen-bond acceptors (Lipinski definition) is 3. The molecule has 3 rings (SSSR count). The van der Waals surface area contributed by atoms with Gasteiger partial charge in [0, 0.05) is 0 Å². The number of esters is 1. The summed E-state index contributed by atoms with van der Waals surface area (Å²) in [5.74, 6) is 1.78. The quantitative estimate of drug-likeness (QED) is 0.102. The molecule has 0 aromatic heterocycles. The van der Waals surface area contributed by atoms with Crippen molar-refractivity contribution in [2.24, 2.45) is 5.92 Å². The van der Waals surface area contributed by atoms with Crippen molar-refractivity contribution in [2.45, 2.75) is 91.4 Å². The summed E-state index contributed by atoms with van der Waals surface area (Å²) in [5.41, 5.74) is 4.18. The van der Waals surface area contributed by atoms with Gasteiger partial charge in [0.1, 0.15) is 11.5 Å². The van der Waals surface area contributed by atoms with Crippen LogP contribution < -0.4 is 9.47 Å². The molecule has 1 atom stereocenters. The van der Waals surface area contributed by atoms with Crippen LogP contribution in [0.3, 0.4) is 0 Å². The molecule has 0 aliphatic rings. The van der Waals surface area contributed by atoms with E-state index in [4.69, 9.17) is 9.47 Å². The Kier molecular flexibility index (Phi) is 13.0. The van der Waals surface area contributed by atoms with E-state index in [1.807, 2.05) is 36.4 Å². The number of carbonyl (C=O) groups is 1. The van der Waals surface area contributed by atoms with Crippen LogP contribution in [0.25, 0.3) is 11.1 Å². The van der Waals surface area contributed by atoms with Gasteiger partial charge in [-0.05, 0) is 78.3 Å². The van der Waals surface area contributed by atoms with Crippen molar-refractivity contribution in [1.29, 1.82) is 0 Å². The monoisotopic (exact) mass is 514 g/mol. The normalized spacial score (nSPS) is 11.8. The summed E-state index contributed by atoms with van der Waals surface area (Å²) >= 11 is 0. The molecular formula is C35H46O3. The first kappa shape index (κ1) is 29.5. The summed E-state index contributed by atoms with van der Waals surface area (Å²) < 4.78 is 11.4. The molecule has 0 radical (unpaired) electrons. The highest BCUT2D eigenvalue weighted by atomic mass is 16.5. The van der Waals surface area contributed by atoms with Crippen LogP contribution in [0.4, 0.5) is 0 Å². The van der Waals surface area contributed by atoms with E-state index in [1.54, 1.807) is 12.1 Å². The Morgan fingerprint density at radius 2 is 1.29 bits per heavy atom. The van der Waals surface area contributed by atoms with Crippen molar-refractivity contribution in [3.63, 3.8) is 0 Å². The van der Waals surface area contributed by atoms with E-state index in [0.717, 1.165) is 35.6 Å². The smallest absolute Gasteiger partial charge is 0.343 e. The van der Waals surface area contributed by atoms with Gasteiger partial charge in [-0.3, -0.25) is 0 Å². The van der Waals surface area contributed by atoms with E-state index in [0.29, 0.717) is 17.9 Å². The lowest BCUT2D eigenvalue weighted by atomic mass is 10.00. The van der Waals surface area contributed by atoms with Gasteiger partial charge in [0.05, 0.1) is 12.2 Å². The van der Waals surface area contributed by atoms with Gasteiger partial charge < -0.3 is 9.47 Å². The molecule has 204 valence electrons. The minimum atomic E-state index is -0.357. The minimum absolute atomic E-state index is 0.357. The maximum atomic E-state index is 12.6. The molecule has 3 heteroatoms. The third-order valence-corrected chi connectivity index (χ3v) is 7.32. The minimum Gasteiger partial charge on any atom is -0.494 e. The summed E-state index contributed by atoms with van der Waals surface area (Å²) in [6, 6.07) is 23.7. The Labute approximate surface area is 230 Å². The van der Waals surface area contributed by atoms with Crippen molar-refractivity contribution in [3.05, 3.63) is 83.9 Å². The first-order valence-corrected chi connectivity index (χ1v) is 14.7. The van der Waals surface area contributed by atoms with Crippen LogP contribution in [0.2, 0.25) is 0 Å². The summed E-state index contributed by atoms with van der Waals surface area (Å²) in [6.07, 6.45) is 13.7. The lowest BCUT2D eigenvalue weighted by Gasteiger charge is -2.10. The fourth-order valence-electron chi connectivity index (χ4n) is 4.53. The molecule has 38 heavy (non-hydrogen) atoms. The van der Waals surface area contributed by atoms with Gasteiger partial charge in [0.25, 0.3) is 0 Å². The van der Waals surface area contributed by atoms with E-state index >= 15 is 0 Å². The van der Waals surface area contributed by atoms with E-state index in [2.05, 4.69) is 45.0 Å². The van der Waals surface area contributed by atoms with E-state index in [1.165, 1.54) is 63.4 Å². The van der Waals surface area contributed by atoms with Crippen LogP contribution >= 0.6 is 0 Å². The maximum absolute atomic E-state index is 12.6. The molecule has 0 saturated heterocycles. The number of hydrogen-bond donors (Lipinski definition) is 0. The van der Waals surface area contributed by atoms with Gasteiger partial charge in [-0.25, -0.2) is 4.79 Å². The number of carbonyl (C=O) groups excluding carboxylic acids is 1. The van der Waals surface area contributed by atoms with Gasteiger partial charge in [-0.15, -0.1) is 0 Å². The molecule has 3 aromatic carbocycles. The molecule has 0 aliphatic carbocycles. The molecule has 3 aromatic rings. The van der Waals surface area contributed by atoms with Gasteiger partial charge in [-0.1, -0.05) is 109 Å². The third-order valence-electron chi connectivity index (χ3n) is 7.32. The first-order chi connectivity index (χ1) is 18.6. The van der Waals surface area contributed by atoms with Gasteiger partial charge >= 0.3 is 5.97 Å². The summed E-state index contributed by atoms with van der Waals surface area (Å²) in [5, 5.41) is 0. The standard InChI is InChI=1S/C35H46O3/c1-4-6-7-8-11-14-29-15-17-30(18-16-29)31-19-21-32(22-20-31)35(36)38-34-25-23-33(24-26-34)37-27-12-9-10-13-28(3)5-2/h15-26,28H,4-14,27H2,1-3H3. The van der Waals surface area contributed by atoms with Gasteiger partial charge in [-0.2, -0.15) is 0 Å². The summed E-state index contributed by atoms with van der Waals surface area (Å²) in [4.78, 5) is 12.6. The number of unbranched alkanes of at least 4 members (excludes halogenated alkanes) is 6. The number of aryl methyl sites for hydroxylation is 1. The summed E-state index contributed by atoms with van der Waals surface area (Å²) in [7, 11) is 0. The number of rotatable bonds is 17. The van der Waals surface area contributed by atoms with Crippen molar-refractivity contribution < 1.29 is 14.3 Å². The predicted octanol–water partition coefficient (Wildman–Crippen LogP) is 10.1. The van der Waals surface area contributed by atoms with Crippen molar-refractivity contribution in [2.75, 3.05) is 6.61 Å². The highest BCUT2D eigenvalue weighted by Crippen LogP contribution is 2.23. The Morgan fingerprint density at radius 3 is 1.95 bits per heavy atom. The Hall–Kier alpha value is -3.07. The Bertz CT molecular complexity index is 1050. The fraction of sp³-hybridized carbons (Fsp3) is 0.457. The highest BCUT2D eigenvalue weighted by Gasteiger charge is 2.10. The van der Waals surface area contributed by atoms with Crippen LogP contribution in [0.15, 0.2) is 72.8 Å². The molecule has 0 heterocycles. The molecule has 0 fully saturated rings. The highest BCUT2D eigenvalue weighted by molar-refractivity contribution is 5.91. The molecule has 0 amide bonds. The molecule has 0 saturated carbocycles. The average molecular weight is 515 g/mol. The van der Waals surface area contributed by atoms with E-state index in [9.17, 15) is 4.79 Å². The molecule has 1 unspecified atom stereocenters. The average Bonchev–Trinajstić information content (AvgIpc) is 2.96. The number of benzene rings is 3. The predicted molar refractivity (Wildman–Crippen MR) is 159 cm³/mol. The second kappa shape index (κ2) is 16.7. The fourth-order valence-corrected chi connectivity index (χ4v) is 4.53. The largest absolute Gasteiger partial charge is 0.494 e. The van der Waals surface area contributed by atoms with E-state index in [-0.39, 0.29) is 5.97 Å². The van der Waals surface area contributed by atoms with Crippen LogP contribution in [0, 0.1) is 5.92 Å².